The highest BCUT2D eigenvalue weighted by Crippen LogP contribution is 2.24. The van der Waals surface area contributed by atoms with Gasteiger partial charge in [-0.15, -0.1) is 0 Å². The van der Waals surface area contributed by atoms with Crippen molar-refractivity contribution in [2.45, 2.75) is 12.5 Å². The lowest BCUT2D eigenvalue weighted by Crippen LogP contribution is -2.03. The summed E-state index contributed by atoms with van der Waals surface area (Å²) in [6.07, 6.45) is 3.39. The highest BCUT2D eigenvalue weighted by Gasteiger charge is 2.12. The molecule has 2 rings (SSSR count). The van der Waals surface area contributed by atoms with Crippen LogP contribution in [-0.4, -0.2) is 15.1 Å². The largest absolute Gasteiger partial charge is 0.388 e. The van der Waals surface area contributed by atoms with Gasteiger partial charge in [0, 0.05) is 23.3 Å². The van der Waals surface area contributed by atoms with Gasteiger partial charge in [0.15, 0.2) is 0 Å². The average molecular weight is 267 g/mol. The van der Waals surface area contributed by atoms with Crippen molar-refractivity contribution in [2.75, 3.05) is 0 Å². The van der Waals surface area contributed by atoms with Gasteiger partial charge < -0.3 is 10.1 Å². The Balaban J connectivity index is 2.15. The van der Waals surface area contributed by atoms with E-state index in [9.17, 15) is 5.11 Å². The summed E-state index contributed by atoms with van der Waals surface area (Å²) >= 11 is 3.41. The van der Waals surface area contributed by atoms with Gasteiger partial charge in [-0.25, -0.2) is 4.98 Å². The van der Waals surface area contributed by atoms with Crippen molar-refractivity contribution in [1.29, 1.82) is 0 Å². The van der Waals surface area contributed by atoms with Crippen LogP contribution in [0.1, 0.15) is 17.5 Å². The Kier molecular flexibility index (Phi) is 3.18. The fourth-order valence-electron chi connectivity index (χ4n) is 1.45. The lowest BCUT2D eigenvalue weighted by molar-refractivity contribution is 0.175. The molecule has 3 nitrogen and oxygen atoms in total. The van der Waals surface area contributed by atoms with Crippen LogP contribution in [0.15, 0.2) is 41.1 Å². The number of hydrogen-bond acceptors (Lipinski definition) is 2. The molecule has 78 valence electrons. The van der Waals surface area contributed by atoms with Crippen LogP contribution in [-0.2, 0) is 6.42 Å². The second-order valence-corrected chi connectivity index (χ2v) is 4.13. The van der Waals surface area contributed by atoms with E-state index in [4.69, 9.17) is 0 Å². The second kappa shape index (κ2) is 4.59. The first-order chi connectivity index (χ1) is 7.27. The summed E-state index contributed by atoms with van der Waals surface area (Å²) in [5.41, 5.74) is 0.883. The number of benzene rings is 1. The molecule has 0 spiro atoms. The molecule has 4 heteroatoms. The molecule has 0 saturated carbocycles. The van der Waals surface area contributed by atoms with Crippen molar-refractivity contribution in [2.24, 2.45) is 0 Å². The number of imidazole rings is 1. The SMILES string of the molecule is OC(Cc1ncc[nH]1)c1ccccc1Br. The van der Waals surface area contributed by atoms with Gasteiger partial charge in [-0.05, 0) is 11.6 Å². The molecule has 0 saturated heterocycles. The molecule has 15 heavy (non-hydrogen) atoms. The summed E-state index contributed by atoms with van der Waals surface area (Å²) in [4.78, 5) is 7.05. The monoisotopic (exact) mass is 266 g/mol. The van der Waals surface area contributed by atoms with Crippen LogP contribution in [0, 0.1) is 0 Å². The van der Waals surface area contributed by atoms with Crippen molar-refractivity contribution >= 4 is 15.9 Å². The van der Waals surface area contributed by atoms with Crippen LogP contribution in [0.3, 0.4) is 0 Å². The Morgan fingerprint density at radius 1 is 1.40 bits per heavy atom. The van der Waals surface area contributed by atoms with Crippen LogP contribution >= 0.6 is 15.9 Å². The van der Waals surface area contributed by atoms with Gasteiger partial charge >= 0.3 is 0 Å². The van der Waals surface area contributed by atoms with E-state index in [0.717, 1.165) is 15.9 Å². The standard InChI is InChI=1S/C11H11BrN2O/c12-9-4-2-1-3-8(9)10(15)7-11-13-5-6-14-11/h1-6,10,15H,7H2,(H,13,14). The van der Waals surface area contributed by atoms with Gasteiger partial charge in [-0.1, -0.05) is 34.1 Å². The third-order valence-electron chi connectivity index (χ3n) is 2.21. The van der Waals surface area contributed by atoms with E-state index in [1.54, 1.807) is 12.4 Å². The molecule has 0 aliphatic rings. The molecule has 0 radical (unpaired) electrons. The quantitative estimate of drug-likeness (QED) is 0.897. The van der Waals surface area contributed by atoms with Crippen molar-refractivity contribution < 1.29 is 5.11 Å². The van der Waals surface area contributed by atoms with E-state index in [1.165, 1.54) is 0 Å². The molecule has 1 aromatic carbocycles. The topological polar surface area (TPSA) is 48.9 Å². The van der Waals surface area contributed by atoms with Crippen molar-refractivity contribution in [3.05, 3.63) is 52.5 Å². The zero-order valence-electron chi connectivity index (χ0n) is 8.02. The number of H-pyrrole nitrogens is 1. The van der Waals surface area contributed by atoms with Gasteiger partial charge in [0.1, 0.15) is 5.82 Å². The molecular weight excluding hydrogens is 256 g/mol. The maximum atomic E-state index is 9.98. The van der Waals surface area contributed by atoms with Crippen molar-refractivity contribution in [3.63, 3.8) is 0 Å². The maximum Gasteiger partial charge on any atom is 0.108 e. The summed E-state index contributed by atoms with van der Waals surface area (Å²) < 4.78 is 0.920. The summed E-state index contributed by atoms with van der Waals surface area (Å²) in [6, 6.07) is 7.65. The Bertz CT molecular complexity index is 428. The summed E-state index contributed by atoms with van der Waals surface area (Å²) in [6.45, 7) is 0. The molecule has 1 heterocycles. The zero-order valence-corrected chi connectivity index (χ0v) is 9.61. The predicted molar refractivity (Wildman–Crippen MR) is 61.4 cm³/mol. The number of aliphatic hydroxyl groups excluding tert-OH is 1. The molecule has 0 aliphatic carbocycles. The minimum atomic E-state index is -0.535. The molecule has 0 bridgehead atoms. The van der Waals surface area contributed by atoms with Gasteiger partial charge in [0.05, 0.1) is 6.10 Å². The van der Waals surface area contributed by atoms with Crippen LogP contribution in [0.25, 0.3) is 0 Å². The second-order valence-electron chi connectivity index (χ2n) is 3.28. The first-order valence-electron chi connectivity index (χ1n) is 4.68. The Hall–Kier alpha value is -1.13. The van der Waals surface area contributed by atoms with Crippen LogP contribution in [0.4, 0.5) is 0 Å². The number of aromatic amines is 1. The minimum Gasteiger partial charge on any atom is -0.388 e. The zero-order chi connectivity index (χ0) is 10.7. The van der Waals surface area contributed by atoms with Gasteiger partial charge in [0.2, 0.25) is 0 Å². The lowest BCUT2D eigenvalue weighted by atomic mass is 10.1. The summed E-state index contributed by atoms with van der Waals surface area (Å²) in [7, 11) is 0. The van der Waals surface area contributed by atoms with Gasteiger partial charge in [-0.2, -0.15) is 0 Å². The van der Waals surface area contributed by atoms with E-state index in [2.05, 4.69) is 25.9 Å². The van der Waals surface area contributed by atoms with E-state index in [0.29, 0.717) is 6.42 Å². The maximum absolute atomic E-state index is 9.98. The fourth-order valence-corrected chi connectivity index (χ4v) is 2.00. The van der Waals surface area contributed by atoms with Crippen LogP contribution < -0.4 is 0 Å². The van der Waals surface area contributed by atoms with Crippen molar-refractivity contribution in [1.82, 2.24) is 9.97 Å². The number of rotatable bonds is 3. The molecule has 0 aliphatic heterocycles. The van der Waals surface area contributed by atoms with Crippen LogP contribution in [0.2, 0.25) is 0 Å². The minimum absolute atomic E-state index is 0.496. The number of aliphatic hydroxyl groups is 1. The number of halogens is 1. The number of aromatic nitrogens is 2. The molecule has 0 amide bonds. The van der Waals surface area contributed by atoms with Gasteiger partial charge in [0.25, 0.3) is 0 Å². The molecule has 0 fully saturated rings. The summed E-state index contributed by atoms with van der Waals surface area (Å²) in [5.74, 6) is 0.790. The smallest absolute Gasteiger partial charge is 0.108 e. The molecular formula is C11H11BrN2O. The first-order valence-corrected chi connectivity index (χ1v) is 5.47. The normalized spacial score (nSPS) is 12.7. The number of nitrogens with zero attached hydrogens (tertiary/aromatic N) is 1. The van der Waals surface area contributed by atoms with E-state index < -0.39 is 6.10 Å². The average Bonchev–Trinajstić information content (AvgIpc) is 2.71. The molecule has 2 N–H and O–H groups in total. The Morgan fingerprint density at radius 3 is 2.87 bits per heavy atom. The number of hydrogen-bond donors (Lipinski definition) is 2. The Morgan fingerprint density at radius 2 is 2.20 bits per heavy atom. The number of nitrogens with one attached hydrogen (secondary N) is 1. The van der Waals surface area contributed by atoms with E-state index >= 15 is 0 Å². The highest BCUT2D eigenvalue weighted by atomic mass is 79.9. The lowest BCUT2D eigenvalue weighted by Gasteiger charge is -2.10. The summed E-state index contributed by atoms with van der Waals surface area (Å²) in [5, 5.41) is 9.98. The fraction of sp³-hybridized carbons (Fsp3) is 0.182. The Labute approximate surface area is 96.3 Å². The molecule has 1 aromatic heterocycles. The van der Waals surface area contributed by atoms with E-state index in [-0.39, 0.29) is 0 Å². The highest BCUT2D eigenvalue weighted by molar-refractivity contribution is 9.10. The van der Waals surface area contributed by atoms with Crippen molar-refractivity contribution in [3.8, 4) is 0 Å². The third-order valence-corrected chi connectivity index (χ3v) is 2.93. The van der Waals surface area contributed by atoms with Gasteiger partial charge in [-0.3, -0.25) is 0 Å². The predicted octanol–water partition coefficient (Wildman–Crippen LogP) is 2.45. The molecule has 1 atom stereocenters. The first kappa shape index (κ1) is 10.4. The van der Waals surface area contributed by atoms with Crippen LogP contribution in [0.5, 0.6) is 0 Å². The molecule has 2 aromatic rings. The van der Waals surface area contributed by atoms with E-state index in [1.807, 2.05) is 24.3 Å². The molecule has 1 unspecified atom stereocenters. The third kappa shape index (κ3) is 2.46.